The maximum Gasteiger partial charge on any atom is 0.126 e. The van der Waals surface area contributed by atoms with Crippen molar-refractivity contribution in [2.45, 2.75) is 6.42 Å². The van der Waals surface area contributed by atoms with Crippen molar-refractivity contribution in [2.75, 3.05) is 26.8 Å². The minimum absolute atomic E-state index is 0.201. The molecule has 0 aliphatic heterocycles. The summed E-state index contributed by atoms with van der Waals surface area (Å²) in [5.74, 6) is -0.201. The summed E-state index contributed by atoms with van der Waals surface area (Å²) < 4.78 is 18.1. The summed E-state index contributed by atoms with van der Waals surface area (Å²) in [5.41, 5.74) is 0.646. The molecule has 2 nitrogen and oxygen atoms in total. The molecule has 0 aliphatic carbocycles. The number of nitrogens with one attached hydrogen (secondary N) is 1. The van der Waals surface area contributed by atoms with Gasteiger partial charge < -0.3 is 10.1 Å². The highest BCUT2D eigenvalue weighted by atomic mass is 35.5. The van der Waals surface area contributed by atoms with E-state index in [1.165, 1.54) is 6.07 Å². The summed E-state index contributed by atoms with van der Waals surface area (Å²) in [6.07, 6.45) is 0.635. The van der Waals surface area contributed by atoms with Crippen molar-refractivity contribution in [3.63, 3.8) is 0 Å². The largest absolute Gasteiger partial charge is 0.383 e. The Hall–Kier alpha value is -0.640. The molecular formula is C11H15ClFNO. The molecule has 1 aromatic carbocycles. The molecule has 0 fully saturated rings. The second-order valence-corrected chi connectivity index (χ2v) is 3.66. The van der Waals surface area contributed by atoms with E-state index in [-0.39, 0.29) is 5.82 Å². The lowest BCUT2D eigenvalue weighted by Crippen LogP contribution is -2.22. The van der Waals surface area contributed by atoms with Crippen LogP contribution in [-0.4, -0.2) is 26.8 Å². The van der Waals surface area contributed by atoms with Crippen LogP contribution >= 0.6 is 11.6 Å². The van der Waals surface area contributed by atoms with Crippen molar-refractivity contribution < 1.29 is 9.13 Å². The average molecular weight is 232 g/mol. The molecule has 1 N–H and O–H groups in total. The Morgan fingerprint density at radius 2 is 2.20 bits per heavy atom. The van der Waals surface area contributed by atoms with Gasteiger partial charge in [-0.1, -0.05) is 11.6 Å². The van der Waals surface area contributed by atoms with Gasteiger partial charge in [0.1, 0.15) is 5.82 Å². The monoisotopic (exact) mass is 231 g/mol. The van der Waals surface area contributed by atoms with E-state index >= 15 is 0 Å². The molecule has 0 atom stereocenters. The van der Waals surface area contributed by atoms with Crippen LogP contribution in [0.3, 0.4) is 0 Å². The summed E-state index contributed by atoms with van der Waals surface area (Å²) in [6.45, 7) is 2.16. The minimum atomic E-state index is -0.201. The summed E-state index contributed by atoms with van der Waals surface area (Å²) in [4.78, 5) is 0. The molecule has 15 heavy (non-hydrogen) atoms. The first kappa shape index (κ1) is 12.4. The second-order valence-electron chi connectivity index (χ2n) is 3.23. The number of ether oxygens (including phenoxy) is 1. The van der Waals surface area contributed by atoms with E-state index in [1.54, 1.807) is 19.2 Å². The van der Waals surface area contributed by atoms with Crippen LogP contribution in [0.2, 0.25) is 5.02 Å². The van der Waals surface area contributed by atoms with Crippen molar-refractivity contribution in [2.24, 2.45) is 0 Å². The predicted molar refractivity (Wildman–Crippen MR) is 59.9 cm³/mol. The highest BCUT2D eigenvalue weighted by Crippen LogP contribution is 2.14. The van der Waals surface area contributed by atoms with E-state index in [0.29, 0.717) is 23.6 Å². The average Bonchev–Trinajstić information content (AvgIpc) is 2.23. The summed E-state index contributed by atoms with van der Waals surface area (Å²) in [7, 11) is 1.65. The molecule has 1 rings (SSSR count). The minimum Gasteiger partial charge on any atom is -0.383 e. The molecule has 1 aromatic rings. The molecule has 0 heterocycles. The Morgan fingerprint density at radius 3 is 2.93 bits per heavy atom. The van der Waals surface area contributed by atoms with Crippen LogP contribution in [0.25, 0.3) is 0 Å². The molecule has 0 aliphatic rings. The van der Waals surface area contributed by atoms with E-state index in [4.69, 9.17) is 16.3 Å². The smallest absolute Gasteiger partial charge is 0.126 e. The summed E-state index contributed by atoms with van der Waals surface area (Å²) in [5, 5.41) is 3.72. The summed E-state index contributed by atoms with van der Waals surface area (Å²) in [6, 6.07) is 4.61. The van der Waals surface area contributed by atoms with Crippen LogP contribution in [0.5, 0.6) is 0 Å². The van der Waals surface area contributed by atoms with Crippen LogP contribution in [0, 0.1) is 5.82 Å². The first-order valence-electron chi connectivity index (χ1n) is 4.87. The maximum atomic E-state index is 13.2. The third-order valence-corrected chi connectivity index (χ3v) is 2.30. The molecule has 0 radical (unpaired) electrons. The quantitative estimate of drug-likeness (QED) is 0.759. The van der Waals surface area contributed by atoms with Gasteiger partial charge in [-0.3, -0.25) is 0 Å². The Balaban J connectivity index is 2.33. The lowest BCUT2D eigenvalue weighted by Gasteiger charge is -2.05. The number of halogens is 2. The van der Waals surface area contributed by atoms with Crippen molar-refractivity contribution in [3.8, 4) is 0 Å². The predicted octanol–water partition coefficient (Wildman–Crippen LogP) is 2.26. The molecule has 0 aromatic heterocycles. The lowest BCUT2D eigenvalue weighted by molar-refractivity contribution is 0.199. The van der Waals surface area contributed by atoms with Crippen molar-refractivity contribution in [3.05, 3.63) is 34.6 Å². The van der Waals surface area contributed by atoms with Gasteiger partial charge in [0.25, 0.3) is 0 Å². The molecular weight excluding hydrogens is 217 g/mol. The van der Waals surface area contributed by atoms with Crippen molar-refractivity contribution >= 4 is 11.6 Å². The van der Waals surface area contributed by atoms with Crippen LogP contribution in [-0.2, 0) is 11.2 Å². The van der Waals surface area contributed by atoms with Crippen molar-refractivity contribution in [1.82, 2.24) is 5.32 Å². The Bertz CT molecular complexity index is 307. The zero-order chi connectivity index (χ0) is 11.1. The van der Waals surface area contributed by atoms with Gasteiger partial charge in [0.2, 0.25) is 0 Å². The third kappa shape index (κ3) is 4.60. The van der Waals surface area contributed by atoms with Gasteiger partial charge in [-0.2, -0.15) is 0 Å². The number of hydrogen-bond acceptors (Lipinski definition) is 2. The Labute approximate surface area is 94.4 Å². The molecule has 0 unspecified atom stereocenters. The van der Waals surface area contributed by atoms with Gasteiger partial charge in [0.05, 0.1) is 6.61 Å². The highest BCUT2D eigenvalue weighted by molar-refractivity contribution is 6.30. The van der Waals surface area contributed by atoms with E-state index in [9.17, 15) is 4.39 Å². The fourth-order valence-corrected chi connectivity index (χ4v) is 1.45. The van der Waals surface area contributed by atoms with Crippen LogP contribution in [0.4, 0.5) is 4.39 Å². The fourth-order valence-electron chi connectivity index (χ4n) is 1.26. The summed E-state index contributed by atoms with van der Waals surface area (Å²) >= 11 is 5.77. The fraction of sp³-hybridized carbons (Fsp3) is 0.455. The molecule has 4 heteroatoms. The van der Waals surface area contributed by atoms with Gasteiger partial charge in [-0.05, 0) is 36.7 Å². The number of benzene rings is 1. The standard InChI is InChI=1S/C11H15ClFNO/c1-15-7-6-14-5-4-9-8-10(12)2-3-11(9)13/h2-3,8,14H,4-7H2,1H3. The molecule has 84 valence electrons. The van der Waals surface area contributed by atoms with Gasteiger partial charge in [-0.15, -0.1) is 0 Å². The number of hydrogen-bond donors (Lipinski definition) is 1. The van der Waals surface area contributed by atoms with E-state index < -0.39 is 0 Å². The van der Waals surface area contributed by atoms with Crippen LogP contribution in [0.1, 0.15) is 5.56 Å². The van der Waals surface area contributed by atoms with Gasteiger partial charge in [-0.25, -0.2) is 4.39 Å². The molecule has 0 saturated carbocycles. The van der Waals surface area contributed by atoms with Gasteiger partial charge in [0.15, 0.2) is 0 Å². The van der Waals surface area contributed by atoms with Crippen LogP contribution < -0.4 is 5.32 Å². The first-order chi connectivity index (χ1) is 7.24. The highest BCUT2D eigenvalue weighted by Gasteiger charge is 2.02. The second kappa shape index (κ2) is 6.77. The third-order valence-electron chi connectivity index (χ3n) is 2.06. The molecule has 0 spiro atoms. The van der Waals surface area contributed by atoms with Gasteiger partial charge >= 0.3 is 0 Å². The maximum absolute atomic E-state index is 13.2. The zero-order valence-electron chi connectivity index (χ0n) is 8.72. The first-order valence-corrected chi connectivity index (χ1v) is 5.25. The molecule has 0 amide bonds. The normalized spacial score (nSPS) is 10.6. The topological polar surface area (TPSA) is 21.3 Å². The Kier molecular flexibility index (Phi) is 5.61. The SMILES string of the molecule is COCCNCCc1cc(Cl)ccc1F. The lowest BCUT2D eigenvalue weighted by atomic mass is 10.1. The van der Waals surface area contributed by atoms with Crippen LogP contribution in [0.15, 0.2) is 18.2 Å². The van der Waals surface area contributed by atoms with Crippen molar-refractivity contribution in [1.29, 1.82) is 0 Å². The zero-order valence-corrected chi connectivity index (χ0v) is 9.48. The molecule has 0 bridgehead atoms. The van der Waals surface area contributed by atoms with Gasteiger partial charge in [0, 0.05) is 18.7 Å². The van der Waals surface area contributed by atoms with E-state index in [0.717, 1.165) is 13.1 Å². The Morgan fingerprint density at radius 1 is 1.40 bits per heavy atom. The molecule has 0 saturated heterocycles. The number of methoxy groups -OCH3 is 1. The van der Waals surface area contributed by atoms with E-state index in [1.807, 2.05) is 0 Å². The number of rotatable bonds is 6. The van der Waals surface area contributed by atoms with E-state index in [2.05, 4.69) is 5.32 Å².